The van der Waals surface area contributed by atoms with Gasteiger partial charge in [-0.2, -0.15) is 0 Å². The lowest BCUT2D eigenvalue weighted by Crippen LogP contribution is -2.43. The molecule has 0 heterocycles. The number of methoxy groups -OCH3 is 1. The Kier molecular flexibility index (Phi) is 5.86. The van der Waals surface area contributed by atoms with Gasteiger partial charge in [-0.25, -0.2) is 0 Å². The summed E-state index contributed by atoms with van der Waals surface area (Å²) in [5, 5.41) is 12.4. The number of carbonyl (C=O) groups is 2. The highest BCUT2D eigenvalue weighted by molar-refractivity contribution is 5.85. The molecule has 1 aromatic rings. The van der Waals surface area contributed by atoms with Gasteiger partial charge < -0.3 is 15.2 Å². The van der Waals surface area contributed by atoms with Crippen LogP contribution in [0.25, 0.3) is 0 Å². The van der Waals surface area contributed by atoms with Crippen molar-refractivity contribution >= 4 is 11.9 Å². The molecule has 2 rings (SSSR count). The van der Waals surface area contributed by atoms with E-state index in [1.54, 1.807) is 7.11 Å². The van der Waals surface area contributed by atoms with Gasteiger partial charge in [-0.15, -0.1) is 0 Å². The molecule has 0 aliphatic heterocycles. The standard InChI is InChI=1S/C19H27NO4/c1-13(2)11-15(14-7-4-5-8-16(14)24-3)20-17(21)12-19(18(22)23)9-6-10-19/h4-5,7-8,13,15H,6,9-12H2,1-3H3,(H,20,21)(H,22,23). The number of carboxylic acid groups (broad SMARTS) is 1. The van der Waals surface area contributed by atoms with Crippen molar-refractivity contribution in [3.05, 3.63) is 29.8 Å². The van der Waals surface area contributed by atoms with E-state index in [1.807, 2.05) is 24.3 Å². The van der Waals surface area contributed by atoms with Crippen LogP contribution < -0.4 is 10.1 Å². The molecule has 5 nitrogen and oxygen atoms in total. The van der Waals surface area contributed by atoms with E-state index < -0.39 is 11.4 Å². The minimum Gasteiger partial charge on any atom is -0.496 e. The van der Waals surface area contributed by atoms with Gasteiger partial charge in [0.05, 0.1) is 18.6 Å². The lowest BCUT2D eigenvalue weighted by Gasteiger charge is -2.37. The van der Waals surface area contributed by atoms with Crippen LogP contribution in [-0.4, -0.2) is 24.1 Å². The fourth-order valence-corrected chi connectivity index (χ4v) is 3.31. The Morgan fingerprint density at radius 3 is 2.46 bits per heavy atom. The molecule has 0 bridgehead atoms. The van der Waals surface area contributed by atoms with Gasteiger partial charge in [0.1, 0.15) is 5.75 Å². The first-order valence-electron chi connectivity index (χ1n) is 8.53. The van der Waals surface area contributed by atoms with E-state index in [-0.39, 0.29) is 18.4 Å². The Labute approximate surface area is 143 Å². The fraction of sp³-hybridized carbons (Fsp3) is 0.579. The summed E-state index contributed by atoms with van der Waals surface area (Å²) in [6.45, 7) is 4.19. The topological polar surface area (TPSA) is 75.6 Å². The molecule has 1 unspecified atom stereocenters. The third-order valence-electron chi connectivity index (χ3n) is 4.82. The first-order chi connectivity index (χ1) is 11.4. The normalized spacial score (nSPS) is 17.0. The number of carbonyl (C=O) groups excluding carboxylic acids is 1. The van der Waals surface area contributed by atoms with Gasteiger partial charge >= 0.3 is 5.97 Å². The highest BCUT2D eigenvalue weighted by Crippen LogP contribution is 2.44. The SMILES string of the molecule is COc1ccccc1C(CC(C)C)NC(=O)CC1(C(=O)O)CCC1. The zero-order valence-corrected chi connectivity index (χ0v) is 14.7. The Morgan fingerprint density at radius 2 is 1.96 bits per heavy atom. The lowest BCUT2D eigenvalue weighted by atomic mass is 9.66. The first kappa shape index (κ1) is 18.3. The summed E-state index contributed by atoms with van der Waals surface area (Å²) in [5.41, 5.74) is 0.0628. The monoisotopic (exact) mass is 333 g/mol. The Balaban J connectivity index is 2.14. The number of ether oxygens (including phenoxy) is 1. The molecule has 1 aromatic carbocycles. The summed E-state index contributed by atoms with van der Waals surface area (Å²) in [6.07, 6.45) is 2.86. The Bertz CT molecular complexity index is 593. The van der Waals surface area contributed by atoms with Gasteiger partial charge in [-0.3, -0.25) is 9.59 Å². The van der Waals surface area contributed by atoms with Crippen LogP contribution in [0.3, 0.4) is 0 Å². The van der Waals surface area contributed by atoms with E-state index in [0.29, 0.717) is 18.8 Å². The van der Waals surface area contributed by atoms with E-state index in [9.17, 15) is 14.7 Å². The molecule has 0 radical (unpaired) electrons. The molecule has 2 N–H and O–H groups in total. The van der Waals surface area contributed by atoms with Crippen LogP contribution in [-0.2, 0) is 9.59 Å². The van der Waals surface area contributed by atoms with Gasteiger partial charge in [0, 0.05) is 12.0 Å². The van der Waals surface area contributed by atoms with Gasteiger partial charge in [-0.1, -0.05) is 38.5 Å². The van der Waals surface area contributed by atoms with Gasteiger partial charge in [-0.05, 0) is 31.2 Å². The number of carboxylic acids is 1. The van der Waals surface area contributed by atoms with Crippen molar-refractivity contribution in [1.29, 1.82) is 0 Å². The predicted molar refractivity (Wildman–Crippen MR) is 91.9 cm³/mol. The van der Waals surface area contributed by atoms with Gasteiger partial charge in [0.2, 0.25) is 5.91 Å². The summed E-state index contributed by atoms with van der Waals surface area (Å²) >= 11 is 0. The van der Waals surface area contributed by atoms with Crippen molar-refractivity contribution in [2.45, 2.75) is 52.0 Å². The molecule has 0 spiro atoms. The first-order valence-corrected chi connectivity index (χ1v) is 8.53. The third kappa shape index (κ3) is 4.08. The molecule has 1 saturated carbocycles. The molecule has 0 aromatic heterocycles. The highest BCUT2D eigenvalue weighted by atomic mass is 16.5. The summed E-state index contributed by atoms with van der Waals surface area (Å²) in [4.78, 5) is 24.0. The van der Waals surface area contributed by atoms with Crippen molar-refractivity contribution < 1.29 is 19.4 Å². The maximum absolute atomic E-state index is 12.5. The molecule has 1 atom stereocenters. The second-order valence-corrected chi connectivity index (χ2v) is 7.11. The zero-order valence-electron chi connectivity index (χ0n) is 14.7. The molecule has 24 heavy (non-hydrogen) atoms. The summed E-state index contributed by atoms with van der Waals surface area (Å²) in [6, 6.07) is 7.45. The van der Waals surface area contributed by atoms with Gasteiger partial charge in [0.15, 0.2) is 0 Å². The van der Waals surface area contributed by atoms with Gasteiger partial charge in [0.25, 0.3) is 0 Å². The fourth-order valence-electron chi connectivity index (χ4n) is 3.31. The third-order valence-corrected chi connectivity index (χ3v) is 4.82. The van der Waals surface area contributed by atoms with E-state index >= 15 is 0 Å². The van der Waals surface area contributed by atoms with Crippen molar-refractivity contribution in [1.82, 2.24) is 5.32 Å². The molecule has 132 valence electrons. The number of hydrogen-bond acceptors (Lipinski definition) is 3. The van der Waals surface area contributed by atoms with Crippen molar-refractivity contribution in [2.24, 2.45) is 11.3 Å². The van der Waals surface area contributed by atoms with Crippen LogP contribution in [0.2, 0.25) is 0 Å². The number of para-hydroxylation sites is 1. The molecule has 0 saturated heterocycles. The molecule has 1 aliphatic rings. The summed E-state index contributed by atoms with van der Waals surface area (Å²) in [5.74, 6) is 0.0626. The number of nitrogens with one attached hydrogen (secondary N) is 1. The van der Waals surface area contributed by atoms with Crippen molar-refractivity contribution in [3.63, 3.8) is 0 Å². The number of aliphatic carboxylic acids is 1. The van der Waals surface area contributed by atoms with Crippen LogP contribution in [0.5, 0.6) is 5.75 Å². The highest BCUT2D eigenvalue weighted by Gasteiger charge is 2.46. The molecule has 1 aliphatic carbocycles. The molecule has 5 heteroatoms. The van der Waals surface area contributed by atoms with Crippen LogP contribution in [0.4, 0.5) is 0 Å². The molecular formula is C19H27NO4. The van der Waals surface area contributed by atoms with E-state index in [2.05, 4.69) is 19.2 Å². The molecule has 1 amide bonds. The van der Waals surface area contributed by atoms with Crippen molar-refractivity contribution in [2.75, 3.05) is 7.11 Å². The van der Waals surface area contributed by atoms with Crippen LogP contribution in [0, 0.1) is 11.3 Å². The maximum Gasteiger partial charge on any atom is 0.310 e. The minimum absolute atomic E-state index is 0.0477. The number of hydrogen-bond donors (Lipinski definition) is 2. The Hall–Kier alpha value is -2.04. The average Bonchev–Trinajstić information content (AvgIpc) is 2.49. The average molecular weight is 333 g/mol. The molecular weight excluding hydrogens is 306 g/mol. The summed E-state index contributed by atoms with van der Waals surface area (Å²) in [7, 11) is 1.61. The quantitative estimate of drug-likeness (QED) is 0.763. The van der Waals surface area contributed by atoms with E-state index in [0.717, 1.165) is 24.2 Å². The molecule has 1 fully saturated rings. The largest absolute Gasteiger partial charge is 0.496 e. The lowest BCUT2D eigenvalue weighted by molar-refractivity contribution is -0.157. The second kappa shape index (κ2) is 7.69. The summed E-state index contributed by atoms with van der Waals surface area (Å²) < 4.78 is 5.42. The van der Waals surface area contributed by atoms with Crippen LogP contribution in [0.1, 0.15) is 57.6 Å². The van der Waals surface area contributed by atoms with Crippen LogP contribution >= 0.6 is 0 Å². The van der Waals surface area contributed by atoms with E-state index in [4.69, 9.17) is 4.74 Å². The number of rotatable bonds is 8. The second-order valence-electron chi connectivity index (χ2n) is 7.11. The smallest absolute Gasteiger partial charge is 0.310 e. The Morgan fingerprint density at radius 1 is 1.29 bits per heavy atom. The maximum atomic E-state index is 12.5. The van der Waals surface area contributed by atoms with Crippen LogP contribution in [0.15, 0.2) is 24.3 Å². The number of benzene rings is 1. The minimum atomic E-state index is -0.868. The predicted octanol–water partition coefficient (Wildman–Crippen LogP) is 3.54. The zero-order chi connectivity index (χ0) is 17.7. The van der Waals surface area contributed by atoms with E-state index in [1.165, 1.54) is 0 Å². The van der Waals surface area contributed by atoms with Crippen molar-refractivity contribution in [3.8, 4) is 5.75 Å². The number of amides is 1.